The fourth-order valence-corrected chi connectivity index (χ4v) is 5.50. The first-order valence-electron chi connectivity index (χ1n) is 13.1. The molecule has 0 aliphatic carbocycles. The summed E-state index contributed by atoms with van der Waals surface area (Å²) in [6.07, 6.45) is -0.478. The average Bonchev–Trinajstić information content (AvgIpc) is 3.58. The molecule has 2 aromatic heterocycles. The van der Waals surface area contributed by atoms with Gasteiger partial charge < -0.3 is 24.4 Å². The zero-order chi connectivity index (χ0) is 28.1. The first kappa shape index (κ1) is 26.6. The van der Waals surface area contributed by atoms with Gasteiger partial charge in [-0.2, -0.15) is 4.99 Å². The van der Waals surface area contributed by atoms with Crippen molar-refractivity contribution in [3.8, 4) is 11.3 Å². The molecule has 5 rings (SSSR count). The molecule has 1 aromatic carbocycles. The van der Waals surface area contributed by atoms with E-state index in [2.05, 4.69) is 15.5 Å². The zero-order valence-corrected chi connectivity index (χ0v) is 22.7. The number of carbonyl (C=O) groups excluding carboxylic acids is 2. The number of nitrogens with one attached hydrogen (secondary N) is 1. The average molecular weight is 532 g/mol. The molecule has 10 heteroatoms. The van der Waals surface area contributed by atoms with Gasteiger partial charge >= 0.3 is 0 Å². The molecule has 2 amide bonds. The Balaban J connectivity index is 1.40. The van der Waals surface area contributed by atoms with E-state index in [0.717, 1.165) is 11.3 Å². The molecular weight excluding hydrogens is 498 g/mol. The molecule has 0 saturated carbocycles. The van der Waals surface area contributed by atoms with Gasteiger partial charge in [0.25, 0.3) is 11.5 Å². The number of hydrogen-bond acceptors (Lipinski definition) is 7. The maximum atomic E-state index is 13.8. The van der Waals surface area contributed by atoms with Crippen LogP contribution in [-0.2, 0) is 22.2 Å². The van der Waals surface area contributed by atoms with E-state index >= 15 is 0 Å². The first-order valence-corrected chi connectivity index (χ1v) is 13.1. The third kappa shape index (κ3) is 4.69. The van der Waals surface area contributed by atoms with Crippen LogP contribution in [0.1, 0.15) is 50.1 Å². The monoisotopic (exact) mass is 531 g/mol. The summed E-state index contributed by atoms with van der Waals surface area (Å²) in [6.45, 7) is 7.56. The lowest BCUT2D eigenvalue weighted by Gasteiger charge is -2.31. The van der Waals surface area contributed by atoms with Crippen LogP contribution in [0, 0.1) is 12.8 Å². The second kappa shape index (κ2) is 9.92. The van der Waals surface area contributed by atoms with Gasteiger partial charge in [-0.05, 0) is 37.0 Å². The number of amidine groups is 1. The van der Waals surface area contributed by atoms with Crippen molar-refractivity contribution in [2.75, 3.05) is 6.54 Å². The minimum absolute atomic E-state index is 0.0729. The lowest BCUT2D eigenvalue weighted by molar-refractivity contribution is -0.134. The molecule has 2 aliphatic rings. The van der Waals surface area contributed by atoms with Crippen molar-refractivity contribution in [3.63, 3.8) is 0 Å². The maximum absolute atomic E-state index is 13.8. The van der Waals surface area contributed by atoms with Crippen LogP contribution in [0.25, 0.3) is 11.3 Å². The smallest absolute Gasteiger partial charge is 0.277 e. The lowest BCUT2D eigenvalue weighted by Crippen LogP contribution is -2.51. The maximum Gasteiger partial charge on any atom is 0.277 e. The van der Waals surface area contributed by atoms with E-state index in [1.807, 2.05) is 44.2 Å². The predicted octanol–water partition coefficient (Wildman–Crippen LogP) is 2.49. The van der Waals surface area contributed by atoms with Gasteiger partial charge in [-0.25, -0.2) is 0 Å². The first-order chi connectivity index (χ1) is 18.5. The number of carbonyl (C=O) groups is 2. The summed E-state index contributed by atoms with van der Waals surface area (Å²) in [6, 6.07) is 13.7. The Hall–Kier alpha value is -4.05. The van der Waals surface area contributed by atoms with Crippen LogP contribution >= 0.6 is 0 Å². The van der Waals surface area contributed by atoms with E-state index in [4.69, 9.17) is 4.52 Å². The van der Waals surface area contributed by atoms with Crippen molar-refractivity contribution in [1.82, 2.24) is 19.9 Å². The number of rotatable bonds is 6. The Morgan fingerprint density at radius 1 is 1.18 bits per heavy atom. The Bertz CT molecular complexity index is 1500. The molecule has 1 fully saturated rings. The van der Waals surface area contributed by atoms with Gasteiger partial charge in [0, 0.05) is 32.1 Å². The molecule has 4 heterocycles. The molecule has 204 valence electrons. The molecule has 2 N–H and O–H groups in total. The normalized spacial score (nSPS) is 23.7. The molecular formula is C29H33N5O5. The highest BCUT2D eigenvalue weighted by atomic mass is 16.5. The van der Waals surface area contributed by atoms with Crippen LogP contribution < -0.4 is 10.9 Å². The highest BCUT2D eigenvalue weighted by Crippen LogP contribution is 2.34. The zero-order valence-electron chi connectivity index (χ0n) is 22.7. The number of aliphatic hydroxyl groups excluding tert-OH is 1. The molecule has 4 atom stereocenters. The third-order valence-corrected chi connectivity index (χ3v) is 7.73. The largest absolute Gasteiger partial charge is 0.391 e. The topological polar surface area (TPSA) is 130 Å². The molecule has 0 bridgehead atoms. The van der Waals surface area contributed by atoms with Crippen molar-refractivity contribution < 1.29 is 19.2 Å². The van der Waals surface area contributed by atoms with Crippen LogP contribution in [-0.4, -0.2) is 56.1 Å². The number of aromatic nitrogens is 2. The van der Waals surface area contributed by atoms with Crippen LogP contribution in [0.2, 0.25) is 0 Å². The number of aliphatic imine (C=N–C) groups is 1. The van der Waals surface area contributed by atoms with Crippen LogP contribution in [0.15, 0.2) is 62.8 Å². The second-order valence-corrected chi connectivity index (χ2v) is 10.9. The van der Waals surface area contributed by atoms with E-state index in [-0.39, 0.29) is 36.3 Å². The summed E-state index contributed by atoms with van der Waals surface area (Å²) in [4.78, 5) is 45.0. The molecule has 2 aliphatic heterocycles. The number of β-amino-alcohol motifs (C(OH)–C–C–N with tert-alkyl or cyclic N) is 1. The fourth-order valence-electron chi connectivity index (χ4n) is 5.50. The number of amides is 2. The van der Waals surface area contributed by atoms with Crippen molar-refractivity contribution in [2.45, 2.75) is 57.7 Å². The molecule has 10 nitrogen and oxygen atoms in total. The second-order valence-electron chi connectivity index (χ2n) is 10.9. The summed E-state index contributed by atoms with van der Waals surface area (Å²) in [5.74, 6) is -0.395. The van der Waals surface area contributed by atoms with Gasteiger partial charge in [0.1, 0.15) is 23.1 Å². The van der Waals surface area contributed by atoms with Gasteiger partial charge in [-0.15, -0.1) is 0 Å². The molecule has 0 spiro atoms. The van der Waals surface area contributed by atoms with Crippen molar-refractivity contribution in [2.24, 2.45) is 18.0 Å². The number of nitrogens with zero attached hydrogens (tertiary/aromatic N) is 4. The minimum Gasteiger partial charge on any atom is -0.391 e. The third-order valence-electron chi connectivity index (χ3n) is 7.73. The molecule has 2 unspecified atom stereocenters. The fraction of sp³-hybridized carbons (Fsp3) is 0.414. The quantitative estimate of drug-likeness (QED) is 0.500. The van der Waals surface area contributed by atoms with Crippen LogP contribution in [0.3, 0.4) is 0 Å². The highest BCUT2D eigenvalue weighted by Gasteiger charge is 2.48. The Labute approximate surface area is 226 Å². The van der Waals surface area contributed by atoms with Crippen LogP contribution in [0.4, 0.5) is 0 Å². The summed E-state index contributed by atoms with van der Waals surface area (Å²) in [5.41, 5.74) is 1.74. The molecule has 39 heavy (non-hydrogen) atoms. The lowest BCUT2D eigenvalue weighted by atomic mass is 9.90. The Morgan fingerprint density at radius 2 is 1.90 bits per heavy atom. The van der Waals surface area contributed by atoms with Gasteiger partial charge in [-0.1, -0.05) is 49.3 Å². The van der Waals surface area contributed by atoms with E-state index in [0.29, 0.717) is 22.9 Å². The number of pyridine rings is 1. The van der Waals surface area contributed by atoms with E-state index < -0.39 is 23.6 Å². The highest BCUT2D eigenvalue weighted by molar-refractivity contribution is 6.09. The van der Waals surface area contributed by atoms with Gasteiger partial charge in [0.15, 0.2) is 0 Å². The van der Waals surface area contributed by atoms with Crippen molar-refractivity contribution in [1.29, 1.82) is 0 Å². The summed E-state index contributed by atoms with van der Waals surface area (Å²) < 4.78 is 7.01. The van der Waals surface area contributed by atoms with Crippen molar-refractivity contribution >= 4 is 17.6 Å². The number of aliphatic hydroxyl groups is 1. The molecule has 1 saturated heterocycles. The van der Waals surface area contributed by atoms with E-state index in [9.17, 15) is 19.5 Å². The Morgan fingerprint density at radius 3 is 2.54 bits per heavy atom. The SMILES string of the molecule is Cc1cc(C(C(=O)N2C[C@H](O)C[C@@H]2C2=NC(=O)C(C)(c3ccc(-c4cccc(=O)n4C)cc3)N2)C(C)C)on1. The molecule has 3 aromatic rings. The van der Waals surface area contributed by atoms with Gasteiger partial charge in [0.05, 0.1) is 23.5 Å². The summed E-state index contributed by atoms with van der Waals surface area (Å²) in [5, 5.41) is 17.8. The number of likely N-dealkylation sites (tertiary alicyclic amines) is 1. The van der Waals surface area contributed by atoms with Crippen LogP contribution in [0.5, 0.6) is 0 Å². The minimum atomic E-state index is -1.14. The van der Waals surface area contributed by atoms with Gasteiger partial charge in [0.2, 0.25) is 5.91 Å². The number of benzene rings is 1. The molecule has 0 radical (unpaired) electrons. The predicted molar refractivity (Wildman–Crippen MR) is 145 cm³/mol. The van der Waals surface area contributed by atoms with E-state index in [1.165, 1.54) is 6.07 Å². The van der Waals surface area contributed by atoms with E-state index in [1.54, 1.807) is 42.5 Å². The van der Waals surface area contributed by atoms with Gasteiger partial charge in [-0.3, -0.25) is 14.4 Å². The standard InChI is InChI=1S/C29H33N5O5/c1-16(2)25(23-13-17(3)32-39-23)27(37)34-15-20(35)14-22(34)26-30-28(38)29(4,31-26)19-11-9-18(10-12-19)21-7-6-8-24(36)33(21)5/h6-13,16,20,22,25,35H,14-15H2,1-5H3,(H,30,31,38)/t20-,22-,25?,29?/m1/s1. The number of aryl methyl sites for hydroxylation is 1. The Kier molecular flexibility index (Phi) is 6.76. The summed E-state index contributed by atoms with van der Waals surface area (Å²) in [7, 11) is 1.71. The summed E-state index contributed by atoms with van der Waals surface area (Å²) >= 11 is 0. The number of hydrogen-bond donors (Lipinski definition) is 2. The van der Waals surface area contributed by atoms with Crippen molar-refractivity contribution in [3.05, 3.63) is 75.9 Å².